The average molecular weight is 126 g/mol. The quantitative estimate of drug-likeness (QED) is 0.435. The van der Waals surface area contributed by atoms with E-state index in [1.165, 1.54) is 0 Å². The summed E-state index contributed by atoms with van der Waals surface area (Å²) in [6.45, 7) is 7.39. The van der Waals surface area contributed by atoms with Crippen molar-refractivity contribution in [2.24, 2.45) is 5.73 Å². The highest BCUT2D eigenvalue weighted by molar-refractivity contribution is 5.87. The van der Waals surface area contributed by atoms with Gasteiger partial charge in [0.15, 0.2) is 0 Å². The van der Waals surface area contributed by atoms with Crippen LogP contribution in [0.5, 0.6) is 0 Å². The molecule has 52 valence electrons. The molecule has 0 aliphatic heterocycles. The molecule has 1 atom stereocenters. The van der Waals surface area contributed by atoms with Gasteiger partial charge < -0.3 is 11.1 Å². The second-order valence-corrected chi connectivity index (χ2v) is 2.45. The minimum absolute atomic E-state index is 0.123. The maximum atomic E-state index is 7.29. The Morgan fingerprint density at radius 2 is 2.22 bits per heavy atom. The normalized spacial score (nSPS) is 12.8. The molecule has 0 aromatic carbocycles. The lowest BCUT2D eigenvalue weighted by Crippen LogP contribution is -2.25. The molecule has 1 unspecified atom stereocenters. The van der Waals surface area contributed by atoms with Crippen molar-refractivity contribution in [2.75, 3.05) is 0 Å². The van der Waals surface area contributed by atoms with Gasteiger partial charge in [0.05, 0.1) is 0 Å². The van der Waals surface area contributed by atoms with Gasteiger partial charge in [-0.05, 0) is 13.8 Å². The maximum Gasteiger partial charge on any atom is 0.0397 e. The van der Waals surface area contributed by atoms with Gasteiger partial charge in [0.2, 0.25) is 0 Å². The van der Waals surface area contributed by atoms with Crippen molar-refractivity contribution >= 4 is 5.71 Å². The Bertz CT molecular complexity index is 125. The van der Waals surface area contributed by atoms with Crippen LogP contribution in [0.1, 0.15) is 20.3 Å². The smallest absolute Gasteiger partial charge is 0.0397 e. The Balaban J connectivity index is 3.64. The summed E-state index contributed by atoms with van der Waals surface area (Å²) in [5, 5.41) is 7.29. The zero-order valence-corrected chi connectivity index (χ0v) is 6.07. The molecule has 0 bridgehead atoms. The fraction of sp³-hybridized carbons (Fsp3) is 0.571. The summed E-state index contributed by atoms with van der Waals surface area (Å²) >= 11 is 0. The first-order valence-corrected chi connectivity index (χ1v) is 3.01. The fourth-order valence-electron chi connectivity index (χ4n) is 0.486. The van der Waals surface area contributed by atoms with E-state index in [0.29, 0.717) is 12.1 Å². The molecule has 0 radical (unpaired) electrons. The van der Waals surface area contributed by atoms with Gasteiger partial charge >= 0.3 is 0 Å². The summed E-state index contributed by atoms with van der Waals surface area (Å²) in [5.74, 6) is 0. The summed E-state index contributed by atoms with van der Waals surface area (Å²) in [6, 6.07) is -0.123. The Kier molecular flexibility index (Phi) is 3.17. The molecule has 0 amide bonds. The third kappa shape index (κ3) is 3.91. The van der Waals surface area contributed by atoms with Gasteiger partial charge in [-0.25, -0.2) is 0 Å². The monoisotopic (exact) mass is 126 g/mol. The molecule has 0 heterocycles. The van der Waals surface area contributed by atoms with E-state index in [1.807, 2.05) is 13.8 Å². The molecular formula is C7H14N2. The van der Waals surface area contributed by atoms with E-state index in [-0.39, 0.29) is 6.04 Å². The van der Waals surface area contributed by atoms with Crippen molar-refractivity contribution < 1.29 is 0 Å². The Labute approximate surface area is 56.3 Å². The van der Waals surface area contributed by atoms with Crippen molar-refractivity contribution in [3.63, 3.8) is 0 Å². The molecule has 0 rings (SSSR count). The molecule has 0 spiro atoms. The summed E-state index contributed by atoms with van der Waals surface area (Å²) in [7, 11) is 0. The maximum absolute atomic E-state index is 7.29. The molecule has 0 aromatic heterocycles. The van der Waals surface area contributed by atoms with Crippen LogP contribution in [-0.4, -0.2) is 11.8 Å². The number of hydrogen-bond acceptors (Lipinski definition) is 2. The van der Waals surface area contributed by atoms with Gasteiger partial charge in [0.1, 0.15) is 0 Å². The first-order valence-electron chi connectivity index (χ1n) is 3.01. The van der Waals surface area contributed by atoms with Gasteiger partial charge in [-0.2, -0.15) is 0 Å². The first kappa shape index (κ1) is 8.37. The first-order chi connectivity index (χ1) is 4.04. The highest BCUT2D eigenvalue weighted by Gasteiger charge is 2.01. The molecule has 0 saturated carbocycles. The lowest BCUT2D eigenvalue weighted by Gasteiger charge is -2.05. The lowest BCUT2D eigenvalue weighted by atomic mass is 10.1. The van der Waals surface area contributed by atoms with Gasteiger partial charge in [-0.3, -0.25) is 0 Å². The minimum Gasteiger partial charge on any atom is -0.323 e. The predicted molar refractivity (Wildman–Crippen MR) is 40.8 cm³/mol. The SMILES string of the molecule is C=C(C)CC(=N)C(C)N. The summed E-state index contributed by atoms with van der Waals surface area (Å²) in [4.78, 5) is 0. The van der Waals surface area contributed by atoms with Gasteiger partial charge in [-0.15, -0.1) is 0 Å². The van der Waals surface area contributed by atoms with E-state index in [9.17, 15) is 0 Å². The van der Waals surface area contributed by atoms with Crippen LogP contribution < -0.4 is 5.73 Å². The molecule has 0 aromatic rings. The molecule has 2 heteroatoms. The zero-order valence-electron chi connectivity index (χ0n) is 6.07. The third-order valence-corrected chi connectivity index (χ3v) is 1.04. The van der Waals surface area contributed by atoms with Crippen molar-refractivity contribution in [1.29, 1.82) is 5.41 Å². The van der Waals surface area contributed by atoms with E-state index >= 15 is 0 Å². The topological polar surface area (TPSA) is 49.9 Å². The van der Waals surface area contributed by atoms with Crippen LogP contribution in [-0.2, 0) is 0 Å². The standard InChI is InChI=1S/C7H14N2/c1-5(2)4-7(9)6(3)8/h6,9H,1,4,8H2,2-3H3. The molecule has 3 N–H and O–H groups in total. The zero-order chi connectivity index (χ0) is 7.44. The van der Waals surface area contributed by atoms with Crippen LogP contribution in [0.15, 0.2) is 12.2 Å². The Morgan fingerprint density at radius 3 is 2.33 bits per heavy atom. The predicted octanol–water partition coefficient (Wildman–Crippen LogP) is 1.32. The van der Waals surface area contributed by atoms with Crippen LogP contribution in [0.2, 0.25) is 0 Å². The summed E-state index contributed by atoms with van der Waals surface area (Å²) in [6.07, 6.45) is 0.637. The highest BCUT2D eigenvalue weighted by Crippen LogP contribution is 1.98. The molecule has 9 heavy (non-hydrogen) atoms. The van der Waals surface area contributed by atoms with E-state index < -0.39 is 0 Å². The van der Waals surface area contributed by atoms with Gasteiger partial charge in [-0.1, -0.05) is 12.2 Å². The molecule has 0 fully saturated rings. The summed E-state index contributed by atoms with van der Waals surface area (Å²) in [5.41, 5.74) is 6.97. The fourth-order valence-corrected chi connectivity index (χ4v) is 0.486. The number of hydrogen-bond donors (Lipinski definition) is 2. The number of allylic oxidation sites excluding steroid dienone is 1. The van der Waals surface area contributed by atoms with E-state index in [4.69, 9.17) is 11.1 Å². The molecule has 0 saturated heterocycles. The van der Waals surface area contributed by atoms with Crippen LogP contribution in [0.25, 0.3) is 0 Å². The van der Waals surface area contributed by atoms with Crippen LogP contribution in [0.3, 0.4) is 0 Å². The lowest BCUT2D eigenvalue weighted by molar-refractivity contribution is 0.935. The second-order valence-electron chi connectivity index (χ2n) is 2.45. The van der Waals surface area contributed by atoms with E-state index in [0.717, 1.165) is 5.57 Å². The van der Waals surface area contributed by atoms with E-state index in [2.05, 4.69) is 6.58 Å². The number of nitrogens with one attached hydrogen (secondary N) is 1. The number of rotatable bonds is 3. The Morgan fingerprint density at radius 1 is 1.78 bits per heavy atom. The second kappa shape index (κ2) is 3.41. The molecule has 0 aliphatic carbocycles. The van der Waals surface area contributed by atoms with Crippen molar-refractivity contribution in [1.82, 2.24) is 0 Å². The minimum atomic E-state index is -0.123. The van der Waals surface area contributed by atoms with Gasteiger partial charge in [0.25, 0.3) is 0 Å². The molecular weight excluding hydrogens is 112 g/mol. The van der Waals surface area contributed by atoms with E-state index in [1.54, 1.807) is 0 Å². The molecule has 2 nitrogen and oxygen atoms in total. The number of nitrogens with two attached hydrogens (primary N) is 1. The third-order valence-electron chi connectivity index (χ3n) is 1.04. The largest absolute Gasteiger partial charge is 0.323 e. The van der Waals surface area contributed by atoms with Crippen LogP contribution in [0, 0.1) is 5.41 Å². The Hall–Kier alpha value is -0.630. The van der Waals surface area contributed by atoms with Crippen LogP contribution in [0.4, 0.5) is 0 Å². The highest BCUT2D eigenvalue weighted by atomic mass is 14.7. The van der Waals surface area contributed by atoms with Crippen molar-refractivity contribution in [3.05, 3.63) is 12.2 Å². The van der Waals surface area contributed by atoms with Crippen molar-refractivity contribution in [2.45, 2.75) is 26.3 Å². The van der Waals surface area contributed by atoms with Gasteiger partial charge in [0, 0.05) is 18.2 Å². The summed E-state index contributed by atoms with van der Waals surface area (Å²) < 4.78 is 0. The average Bonchev–Trinajstić information content (AvgIpc) is 1.63. The van der Waals surface area contributed by atoms with Crippen molar-refractivity contribution in [3.8, 4) is 0 Å². The van der Waals surface area contributed by atoms with Crippen LogP contribution >= 0.6 is 0 Å². The molecule has 0 aliphatic rings.